The topological polar surface area (TPSA) is 139 Å². The zero-order chi connectivity index (χ0) is 20.5. The molecule has 0 atom stereocenters. The average Bonchev–Trinajstić information content (AvgIpc) is 2.92. The molecule has 1 aliphatic heterocycles. The van der Waals surface area contributed by atoms with Crippen LogP contribution >= 0.6 is 0 Å². The number of aromatic nitrogens is 2. The molecule has 0 bridgehead atoms. The maximum absolute atomic E-state index is 13.1. The first-order chi connectivity index (χ1) is 13.0. The van der Waals surface area contributed by atoms with Gasteiger partial charge in [-0.15, -0.1) is 0 Å². The molecule has 0 saturated carbocycles. The summed E-state index contributed by atoms with van der Waals surface area (Å²) in [5, 5.41) is 12.6. The van der Waals surface area contributed by atoms with Crippen molar-refractivity contribution in [3.8, 4) is 0 Å². The van der Waals surface area contributed by atoms with E-state index in [0.29, 0.717) is 17.6 Å². The molecule has 0 fully saturated rings. The van der Waals surface area contributed by atoms with Crippen molar-refractivity contribution >= 4 is 39.1 Å². The number of alkyl halides is 3. The summed E-state index contributed by atoms with van der Waals surface area (Å²) in [6, 6.07) is 4.92. The van der Waals surface area contributed by atoms with Gasteiger partial charge in [0, 0.05) is 24.1 Å². The smallest absolute Gasteiger partial charge is 0.368 e. The van der Waals surface area contributed by atoms with Crippen molar-refractivity contribution in [2.45, 2.75) is 12.6 Å². The Morgan fingerprint density at radius 2 is 2.04 bits per heavy atom. The Labute approximate surface area is 157 Å². The van der Waals surface area contributed by atoms with E-state index >= 15 is 0 Å². The Balaban J connectivity index is 1.83. The van der Waals surface area contributed by atoms with E-state index in [1.54, 1.807) is 18.2 Å². The first-order valence-electron chi connectivity index (χ1n) is 7.90. The fraction of sp³-hybridized carbons (Fsp3) is 0.267. The fourth-order valence-corrected chi connectivity index (χ4v) is 2.92. The van der Waals surface area contributed by atoms with Gasteiger partial charge in [0.25, 0.3) is 0 Å². The number of hydrogen-bond acceptors (Lipinski definition) is 7. The summed E-state index contributed by atoms with van der Waals surface area (Å²) in [4.78, 5) is 18.8. The molecule has 2 aromatic rings. The minimum Gasteiger partial charge on any atom is -0.368 e. The van der Waals surface area contributed by atoms with Gasteiger partial charge in [0.2, 0.25) is 21.9 Å². The van der Waals surface area contributed by atoms with Gasteiger partial charge in [-0.1, -0.05) is 0 Å². The van der Waals surface area contributed by atoms with Gasteiger partial charge in [0.05, 0.1) is 12.2 Å². The third-order valence-electron chi connectivity index (χ3n) is 3.76. The van der Waals surface area contributed by atoms with Crippen molar-refractivity contribution in [2.75, 3.05) is 28.2 Å². The van der Waals surface area contributed by atoms with E-state index in [-0.39, 0.29) is 24.8 Å². The lowest BCUT2D eigenvalue weighted by atomic mass is 10.1. The van der Waals surface area contributed by atoms with E-state index in [2.05, 4.69) is 25.9 Å². The molecule has 150 valence electrons. The van der Waals surface area contributed by atoms with Gasteiger partial charge in [0.15, 0.2) is 0 Å². The molecule has 2 heterocycles. The highest BCUT2D eigenvalue weighted by Crippen LogP contribution is 2.34. The second-order valence-electron chi connectivity index (χ2n) is 5.97. The predicted octanol–water partition coefficient (Wildman–Crippen LogP) is 1.43. The van der Waals surface area contributed by atoms with Crippen LogP contribution in [0.25, 0.3) is 0 Å². The number of primary sulfonamides is 1. The highest BCUT2D eigenvalue weighted by Gasteiger charge is 2.35. The summed E-state index contributed by atoms with van der Waals surface area (Å²) < 4.78 is 61.3. The Kier molecular flexibility index (Phi) is 5.12. The largest absolute Gasteiger partial charge is 0.421 e. The number of benzene rings is 1. The van der Waals surface area contributed by atoms with Gasteiger partial charge in [0.1, 0.15) is 11.4 Å². The molecular weight excluding hydrogens is 401 g/mol. The molecule has 0 aliphatic carbocycles. The van der Waals surface area contributed by atoms with E-state index in [1.165, 1.54) is 0 Å². The molecule has 28 heavy (non-hydrogen) atoms. The Bertz CT molecular complexity index is 1030. The van der Waals surface area contributed by atoms with E-state index in [0.717, 1.165) is 5.56 Å². The highest BCUT2D eigenvalue weighted by atomic mass is 32.2. The quantitative estimate of drug-likeness (QED) is 0.559. The standard InChI is InChI=1S/C15H15F3N6O3S/c16-15(17,18)10-7-21-14(24-13(10)20-3-4-28(19,26)27)22-9-1-2-11-8(5-9)6-12(25)23-11/h1-2,5,7H,3-4,6H2,(H,23,25)(H2,19,26,27)(H2,20,21,22,24). The fourth-order valence-electron chi connectivity index (χ4n) is 2.53. The van der Waals surface area contributed by atoms with E-state index in [1.807, 2.05) is 0 Å². The van der Waals surface area contributed by atoms with Gasteiger partial charge in [-0.3, -0.25) is 4.79 Å². The third-order valence-corrected chi connectivity index (χ3v) is 4.53. The lowest BCUT2D eigenvalue weighted by Crippen LogP contribution is -2.24. The maximum Gasteiger partial charge on any atom is 0.421 e. The number of nitrogens with two attached hydrogens (primary N) is 1. The molecule has 0 saturated heterocycles. The van der Waals surface area contributed by atoms with E-state index < -0.39 is 33.3 Å². The van der Waals surface area contributed by atoms with Crippen LogP contribution in [0.2, 0.25) is 0 Å². The zero-order valence-electron chi connectivity index (χ0n) is 14.2. The molecular formula is C15H15F3N6O3S. The molecule has 0 radical (unpaired) electrons. The number of anilines is 4. The van der Waals surface area contributed by atoms with Crippen molar-refractivity contribution in [3.63, 3.8) is 0 Å². The van der Waals surface area contributed by atoms with Gasteiger partial charge >= 0.3 is 6.18 Å². The van der Waals surface area contributed by atoms with Crippen molar-refractivity contribution < 1.29 is 26.4 Å². The van der Waals surface area contributed by atoms with Gasteiger partial charge in [-0.05, 0) is 23.8 Å². The number of fused-ring (bicyclic) bond motifs is 1. The lowest BCUT2D eigenvalue weighted by Gasteiger charge is -2.14. The maximum atomic E-state index is 13.1. The lowest BCUT2D eigenvalue weighted by molar-refractivity contribution is -0.137. The Hall–Kier alpha value is -2.93. The van der Waals surface area contributed by atoms with Crippen LogP contribution in [0.15, 0.2) is 24.4 Å². The number of hydrogen-bond donors (Lipinski definition) is 4. The second kappa shape index (κ2) is 7.24. The number of nitrogens with one attached hydrogen (secondary N) is 3. The number of sulfonamides is 1. The summed E-state index contributed by atoms with van der Waals surface area (Å²) in [7, 11) is -3.85. The molecule has 1 aromatic heterocycles. The van der Waals surface area contributed by atoms with Gasteiger partial charge < -0.3 is 16.0 Å². The van der Waals surface area contributed by atoms with Crippen molar-refractivity contribution in [3.05, 3.63) is 35.5 Å². The molecule has 0 unspecified atom stereocenters. The molecule has 1 aromatic carbocycles. The monoisotopic (exact) mass is 416 g/mol. The van der Waals surface area contributed by atoms with Gasteiger partial charge in [-0.25, -0.2) is 18.5 Å². The zero-order valence-corrected chi connectivity index (χ0v) is 15.0. The average molecular weight is 416 g/mol. The summed E-state index contributed by atoms with van der Waals surface area (Å²) in [6.07, 6.45) is -3.95. The molecule has 0 spiro atoms. The molecule has 13 heteroatoms. The van der Waals surface area contributed by atoms with Crippen LogP contribution < -0.4 is 21.1 Å². The molecule has 5 N–H and O–H groups in total. The van der Waals surface area contributed by atoms with E-state index in [9.17, 15) is 26.4 Å². The number of carbonyl (C=O) groups excluding carboxylic acids is 1. The van der Waals surface area contributed by atoms with Crippen LogP contribution in [0.4, 0.5) is 36.3 Å². The van der Waals surface area contributed by atoms with Crippen LogP contribution in [-0.2, 0) is 27.4 Å². The van der Waals surface area contributed by atoms with Crippen molar-refractivity contribution in [2.24, 2.45) is 5.14 Å². The van der Waals surface area contributed by atoms with Crippen molar-refractivity contribution in [1.82, 2.24) is 9.97 Å². The normalized spacial score (nSPS) is 13.8. The number of amides is 1. The predicted molar refractivity (Wildman–Crippen MR) is 95.6 cm³/mol. The van der Waals surface area contributed by atoms with Crippen LogP contribution in [0.3, 0.4) is 0 Å². The first kappa shape index (κ1) is 19.8. The number of halogens is 3. The minimum atomic E-state index is -4.73. The SMILES string of the molecule is NS(=O)(=O)CCNc1nc(Nc2ccc3c(c2)CC(=O)N3)ncc1C(F)(F)F. The van der Waals surface area contributed by atoms with Crippen molar-refractivity contribution in [1.29, 1.82) is 0 Å². The second-order valence-corrected chi connectivity index (χ2v) is 7.70. The van der Waals surface area contributed by atoms with Gasteiger partial charge in [-0.2, -0.15) is 18.2 Å². The Morgan fingerprint density at radius 3 is 2.71 bits per heavy atom. The van der Waals surface area contributed by atoms with Crippen LogP contribution in [0, 0.1) is 0 Å². The summed E-state index contributed by atoms with van der Waals surface area (Å²) in [5.74, 6) is -1.43. The molecule has 1 aliphatic rings. The Morgan fingerprint density at radius 1 is 1.29 bits per heavy atom. The summed E-state index contributed by atoms with van der Waals surface area (Å²) in [6.45, 7) is -0.356. The minimum absolute atomic E-state index is 0.136. The van der Waals surface area contributed by atoms with Crippen LogP contribution in [-0.4, -0.2) is 36.6 Å². The number of rotatable bonds is 6. The molecule has 3 rings (SSSR count). The number of carbonyl (C=O) groups is 1. The van der Waals surface area contributed by atoms with E-state index in [4.69, 9.17) is 5.14 Å². The molecule has 9 nitrogen and oxygen atoms in total. The first-order valence-corrected chi connectivity index (χ1v) is 9.61. The number of nitrogens with zero attached hydrogens (tertiary/aromatic N) is 2. The summed E-state index contributed by atoms with van der Waals surface area (Å²) >= 11 is 0. The van der Waals surface area contributed by atoms with Crippen LogP contribution in [0.1, 0.15) is 11.1 Å². The third kappa shape index (κ3) is 4.86. The molecule has 1 amide bonds. The summed E-state index contributed by atoms with van der Waals surface area (Å²) in [5.41, 5.74) is 0.726. The highest BCUT2D eigenvalue weighted by molar-refractivity contribution is 7.89. The van der Waals surface area contributed by atoms with Crippen LogP contribution in [0.5, 0.6) is 0 Å².